The minimum absolute atomic E-state index is 0.144. The zero-order valence-corrected chi connectivity index (χ0v) is 13.3. The molecule has 114 valence electrons. The van der Waals surface area contributed by atoms with Crippen molar-refractivity contribution < 1.29 is 8.42 Å². The fourth-order valence-electron chi connectivity index (χ4n) is 2.44. The van der Waals surface area contributed by atoms with Gasteiger partial charge in [0.25, 0.3) is 10.0 Å². The van der Waals surface area contributed by atoms with Crippen LogP contribution in [0.4, 0.5) is 0 Å². The van der Waals surface area contributed by atoms with Gasteiger partial charge in [0.1, 0.15) is 0 Å². The Morgan fingerprint density at radius 3 is 2.36 bits per heavy atom. The smallest absolute Gasteiger partial charge is 0.268 e. The molecule has 3 aromatic rings. The summed E-state index contributed by atoms with van der Waals surface area (Å²) in [5.41, 5.74) is 8.48. The standard InChI is InChI=1S/C17H18N2O2S/c1-12-3-7-16(8-4-12)22(20,21)19-10-9-14-5-6-15(13(2)18)11-17(14)19/h3-11,13H,18H2,1-2H3/t13-/m0/s1. The Balaban J connectivity index is 2.20. The summed E-state index contributed by atoms with van der Waals surface area (Å²) in [6.45, 7) is 3.80. The second kappa shape index (κ2) is 5.26. The highest BCUT2D eigenvalue weighted by molar-refractivity contribution is 7.90. The molecule has 0 unspecified atom stereocenters. The van der Waals surface area contributed by atoms with E-state index in [-0.39, 0.29) is 10.9 Å². The second-order valence-electron chi connectivity index (χ2n) is 5.54. The van der Waals surface area contributed by atoms with Gasteiger partial charge in [-0.15, -0.1) is 0 Å². The van der Waals surface area contributed by atoms with Crippen LogP contribution in [-0.4, -0.2) is 12.4 Å². The molecule has 2 N–H and O–H groups in total. The van der Waals surface area contributed by atoms with Crippen molar-refractivity contribution in [1.29, 1.82) is 0 Å². The van der Waals surface area contributed by atoms with Gasteiger partial charge in [-0.25, -0.2) is 12.4 Å². The van der Waals surface area contributed by atoms with Crippen LogP contribution >= 0.6 is 0 Å². The molecule has 0 aliphatic carbocycles. The largest absolute Gasteiger partial charge is 0.324 e. The Labute approximate surface area is 130 Å². The first kappa shape index (κ1) is 14.8. The van der Waals surface area contributed by atoms with Gasteiger partial charge in [0.2, 0.25) is 0 Å². The van der Waals surface area contributed by atoms with Gasteiger partial charge >= 0.3 is 0 Å². The molecule has 4 nitrogen and oxygen atoms in total. The lowest BCUT2D eigenvalue weighted by Crippen LogP contribution is -2.12. The Morgan fingerprint density at radius 2 is 1.73 bits per heavy atom. The monoisotopic (exact) mass is 314 g/mol. The van der Waals surface area contributed by atoms with Crippen molar-refractivity contribution in [1.82, 2.24) is 3.97 Å². The first-order chi connectivity index (χ1) is 10.4. The van der Waals surface area contributed by atoms with Crippen LogP contribution < -0.4 is 5.73 Å². The van der Waals surface area contributed by atoms with Crippen LogP contribution in [-0.2, 0) is 10.0 Å². The number of aromatic nitrogens is 1. The molecule has 0 amide bonds. The fourth-order valence-corrected chi connectivity index (χ4v) is 3.78. The third-order valence-electron chi connectivity index (χ3n) is 3.78. The number of fused-ring (bicyclic) bond motifs is 1. The molecular formula is C17H18N2O2S. The van der Waals surface area contributed by atoms with Crippen LogP contribution in [0, 0.1) is 6.92 Å². The van der Waals surface area contributed by atoms with Gasteiger partial charge in [0, 0.05) is 17.6 Å². The Kier molecular flexibility index (Phi) is 3.54. The fraction of sp³-hybridized carbons (Fsp3) is 0.176. The van der Waals surface area contributed by atoms with E-state index in [1.54, 1.807) is 36.5 Å². The molecule has 2 aromatic carbocycles. The lowest BCUT2D eigenvalue weighted by Gasteiger charge is -2.10. The highest BCUT2D eigenvalue weighted by Crippen LogP contribution is 2.25. The van der Waals surface area contributed by atoms with Gasteiger partial charge in [0.05, 0.1) is 10.4 Å². The normalized spacial score (nSPS) is 13.4. The molecule has 1 atom stereocenters. The van der Waals surface area contributed by atoms with E-state index in [1.807, 2.05) is 32.0 Å². The zero-order valence-electron chi connectivity index (χ0n) is 12.5. The highest BCUT2D eigenvalue weighted by Gasteiger charge is 2.19. The van der Waals surface area contributed by atoms with Crippen LogP contribution in [0.2, 0.25) is 0 Å². The van der Waals surface area contributed by atoms with Crippen molar-refractivity contribution in [3.05, 3.63) is 65.9 Å². The maximum Gasteiger partial charge on any atom is 0.268 e. The number of benzene rings is 2. The van der Waals surface area contributed by atoms with Crippen molar-refractivity contribution in [2.75, 3.05) is 0 Å². The minimum atomic E-state index is -3.61. The summed E-state index contributed by atoms with van der Waals surface area (Å²) in [5, 5.41) is 0.875. The van der Waals surface area contributed by atoms with Crippen molar-refractivity contribution >= 4 is 20.9 Å². The number of nitrogens with two attached hydrogens (primary N) is 1. The quantitative estimate of drug-likeness (QED) is 0.807. The Hall–Kier alpha value is -2.11. The predicted molar refractivity (Wildman–Crippen MR) is 88.3 cm³/mol. The SMILES string of the molecule is Cc1ccc(S(=O)(=O)n2ccc3ccc([C@H](C)N)cc32)cc1. The van der Waals surface area contributed by atoms with Gasteiger partial charge in [-0.3, -0.25) is 0 Å². The molecule has 0 radical (unpaired) electrons. The summed E-state index contributed by atoms with van der Waals surface area (Å²) in [7, 11) is -3.61. The molecule has 0 saturated heterocycles. The molecule has 1 heterocycles. The topological polar surface area (TPSA) is 65.1 Å². The van der Waals surface area contributed by atoms with E-state index in [0.717, 1.165) is 16.5 Å². The first-order valence-corrected chi connectivity index (χ1v) is 8.52. The van der Waals surface area contributed by atoms with Crippen molar-refractivity contribution in [2.45, 2.75) is 24.8 Å². The van der Waals surface area contributed by atoms with E-state index in [0.29, 0.717) is 5.52 Å². The molecule has 3 rings (SSSR count). The number of rotatable bonds is 3. The van der Waals surface area contributed by atoms with E-state index < -0.39 is 10.0 Å². The summed E-state index contributed by atoms with van der Waals surface area (Å²) < 4.78 is 27.0. The van der Waals surface area contributed by atoms with Crippen LogP contribution in [0.1, 0.15) is 24.1 Å². The first-order valence-electron chi connectivity index (χ1n) is 7.08. The molecule has 5 heteroatoms. The van der Waals surface area contributed by atoms with E-state index >= 15 is 0 Å². The summed E-state index contributed by atoms with van der Waals surface area (Å²) in [4.78, 5) is 0.279. The molecule has 0 fully saturated rings. The molecule has 0 aliphatic rings. The highest BCUT2D eigenvalue weighted by atomic mass is 32.2. The van der Waals surface area contributed by atoms with Gasteiger partial charge in [0.15, 0.2) is 0 Å². The van der Waals surface area contributed by atoms with E-state index in [2.05, 4.69) is 0 Å². The Morgan fingerprint density at radius 1 is 1.05 bits per heavy atom. The molecule has 0 aliphatic heterocycles. The molecule has 22 heavy (non-hydrogen) atoms. The minimum Gasteiger partial charge on any atom is -0.324 e. The molecule has 0 bridgehead atoms. The third-order valence-corrected chi connectivity index (χ3v) is 5.49. The lowest BCUT2D eigenvalue weighted by atomic mass is 10.1. The average molecular weight is 314 g/mol. The lowest BCUT2D eigenvalue weighted by molar-refractivity contribution is 0.589. The zero-order chi connectivity index (χ0) is 15.9. The molecule has 0 saturated carbocycles. The number of hydrogen-bond donors (Lipinski definition) is 1. The number of aryl methyl sites for hydroxylation is 1. The number of nitrogens with zero attached hydrogens (tertiary/aromatic N) is 1. The molecular weight excluding hydrogens is 296 g/mol. The van der Waals surface area contributed by atoms with E-state index in [4.69, 9.17) is 5.73 Å². The second-order valence-corrected chi connectivity index (χ2v) is 7.35. The molecule has 0 spiro atoms. The van der Waals surface area contributed by atoms with Gasteiger partial charge < -0.3 is 5.73 Å². The summed E-state index contributed by atoms with van der Waals surface area (Å²) in [6.07, 6.45) is 1.59. The third kappa shape index (κ3) is 2.42. The predicted octanol–water partition coefficient (Wildman–Crippen LogP) is 3.21. The molecule has 1 aromatic heterocycles. The van der Waals surface area contributed by atoms with Crippen LogP contribution in [0.25, 0.3) is 10.9 Å². The van der Waals surface area contributed by atoms with Crippen molar-refractivity contribution in [3.8, 4) is 0 Å². The van der Waals surface area contributed by atoms with Crippen LogP contribution in [0.15, 0.2) is 59.6 Å². The van der Waals surface area contributed by atoms with Gasteiger partial charge in [-0.05, 0) is 43.7 Å². The van der Waals surface area contributed by atoms with Crippen molar-refractivity contribution in [3.63, 3.8) is 0 Å². The van der Waals surface area contributed by atoms with E-state index in [1.165, 1.54) is 3.97 Å². The Bertz CT molecular complexity index is 923. The number of hydrogen-bond acceptors (Lipinski definition) is 3. The van der Waals surface area contributed by atoms with Gasteiger partial charge in [-0.1, -0.05) is 29.8 Å². The summed E-state index contributed by atoms with van der Waals surface area (Å²) in [6, 6.07) is 14.2. The summed E-state index contributed by atoms with van der Waals surface area (Å²) in [5.74, 6) is 0. The van der Waals surface area contributed by atoms with Crippen LogP contribution in [0.5, 0.6) is 0 Å². The maximum absolute atomic E-state index is 12.8. The maximum atomic E-state index is 12.8. The average Bonchev–Trinajstić information content (AvgIpc) is 2.91. The van der Waals surface area contributed by atoms with Gasteiger partial charge in [-0.2, -0.15) is 0 Å². The summed E-state index contributed by atoms with van der Waals surface area (Å²) >= 11 is 0. The van der Waals surface area contributed by atoms with E-state index in [9.17, 15) is 8.42 Å². The van der Waals surface area contributed by atoms with Crippen LogP contribution in [0.3, 0.4) is 0 Å². The van der Waals surface area contributed by atoms with Crippen molar-refractivity contribution in [2.24, 2.45) is 5.73 Å².